The Balaban J connectivity index is 1.64. The molecule has 2 aliphatic rings. The minimum atomic E-state index is -3.80. The van der Waals surface area contributed by atoms with Gasteiger partial charge >= 0.3 is 0 Å². The monoisotopic (exact) mass is 424 g/mol. The van der Waals surface area contributed by atoms with Crippen molar-refractivity contribution in [2.24, 2.45) is 0 Å². The molecule has 8 heteroatoms. The average molecular weight is 425 g/mol. The Kier molecular flexibility index (Phi) is 4.54. The van der Waals surface area contributed by atoms with Crippen molar-refractivity contribution in [1.29, 1.82) is 0 Å². The second-order valence-electron chi connectivity index (χ2n) is 8.09. The fourth-order valence-electron chi connectivity index (χ4n) is 4.55. The number of aromatic nitrogens is 3. The minimum absolute atomic E-state index is 0.0405. The second-order valence-corrected chi connectivity index (χ2v) is 9.96. The highest BCUT2D eigenvalue weighted by Crippen LogP contribution is 2.37. The van der Waals surface area contributed by atoms with Gasteiger partial charge in [-0.25, -0.2) is 22.4 Å². The molecule has 7 nitrogen and oxygen atoms in total. The SMILES string of the molecule is Cc1ccc(S(=O)(=O)N2CCc3c([nH]n(C4CCCC4)c3=O)-c3cccnc32)cc1. The molecule has 5 rings (SSSR count). The van der Waals surface area contributed by atoms with Crippen LogP contribution in [0, 0.1) is 6.92 Å². The first-order valence-electron chi connectivity index (χ1n) is 10.3. The fraction of sp³-hybridized carbons (Fsp3) is 0.364. The zero-order valence-corrected chi connectivity index (χ0v) is 17.7. The van der Waals surface area contributed by atoms with Gasteiger partial charge in [0.15, 0.2) is 5.82 Å². The molecule has 1 aromatic carbocycles. The zero-order valence-electron chi connectivity index (χ0n) is 16.8. The molecule has 1 N–H and O–H groups in total. The molecule has 3 heterocycles. The standard InChI is InChI=1S/C22H24N4O3S/c1-15-8-10-17(11-9-15)30(28,29)25-14-12-19-20(18-7-4-13-23-21(18)25)24-26(22(19)27)16-5-2-3-6-16/h4,7-11,13,16,24H,2-3,5-6,12,14H2,1H3. The molecule has 156 valence electrons. The highest BCUT2D eigenvalue weighted by molar-refractivity contribution is 7.92. The Labute approximate surface area is 175 Å². The molecule has 30 heavy (non-hydrogen) atoms. The number of anilines is 1. The van der Waals surface area contributed by atoms with Gasteiger partial charge in [-0.1, -0.05) is 30.5 Å². The predicted octanol–water partition coefficient (Wildman–Crippen LogP) is 3.41. The molecule has 3 aromatic rings. The first-order valence-corrected chi connectivity index (χ1v) is 11.8. The highest BCUT2D eigenvalue weighted by atomic mass is 32.2. The minimum Gasteiger partial charge on any atom is -0.294 e. The van der Waals surface area contributed by atoms with E-state index in [0.29, 0.717) is 29.1 Å². The van der Waals surface area contributed by atoms with Crippen molar-refractivity contribution in [1.82, 2.24) is 14.8 Å². The smallest absolute Gasteiger partial charge is 0.270 e. The quantitative estimate of drug-likeness (QED) is 0.698. The number of fused-ring (bicyclic) bond motifs is 3. The third kappa shape index (κ3) is 2.98. The molecule has 0 spiro atoms. The van der Waals surface area contributed by atoms with Gasteiger partial charge in [-0.15, -0.1) is 0 Å². The summed E-state index contributed by atoms with van der Waals surface area (Å²) in [7, 11) is -3.80. The van der Waals surface area contributed by atoms with E-state index in [9.17, 15) is 13.2 Å². The summed E-state index contributed by atoms with van der Waals surface area (Å²) < 4.78 is 30.0. The normalized spacial score (nSPS) is 16.9. The van der Waals surface area contributed by atoms with Crippen LogP contribution in [-0.4, -0.2) is 29.7 Å². The molecule has 0 bridgehead atoms. The summed E-state index contributed by atoms with van der Waals surface area (Å²) in [6, 6.07) is 10.6. The number of aryl methyl sites for hydroxylation is 1. The van der Waals surface area contributed by atoms with Crippen molar-refractivity contribution >= 4 is 15.8 Å². The van der Waals surface area contributed by atoms with Crippen molar-refractivity contribution in [2.75, 3.05) is 10.8 Å². The average Bonchev–Trinajstić information content (AvgIpc) is 3.33. The maximum atomic E-state index is 13.4. The second kappa shape index (κ2) is 7.12. The molecule has 0 radical (unpaired) electrons. The van der Waals surface area contributed by atoms with Crippen LogP contribution in [0.25, 0.3) is 11.3 Å². The van der Waals surface area contributed by atoms with Crippen LogP contribution in [-0.2, 0) is 16.4 Å². The van der Waals surface area contributed by atoms with E-state index in [1.807, 2.05) is 13.0 Å². The summed E-state index contributed by atoms with van der Waals surface area (Å²) in [5, 5.41) is 3.30. The summed E-state index contributed by atoms with van der Waals surface area (Å²) in [5.41, 5.74) is 2.93. The molecular weight excluding hydrogens is 400 g/mol. The van der Waals surface area contributed by atoms with Crippen molar-refractivity contribution in [3.63, 3.8) is 0 Å². The number of nitrogens with zero attached hydrogens (tertiary/aromatic N) is 3. The third-order valence-electron chi connectivity index (χ3n) is 6.17. The zero-order chi connectivity index (χ0) is 20.9. The van der Waals surface area contributed by atoms with Crippen molar-refractivity contribution < 1.29 is 8.42 Å². The van der Waals surface area contributed by atoms with Crippen molar-refractivity contribution in [3.8, 4) is 11.3 Å². The first kappa shape index (κ1) is 19.1. The number of hydrogen-bond acceptors (Lipinski definition) is 4. The Hall–Kier alpha value is -2.87. The first-order chi connectivity index (χ1) is 14.5. The van der Waals surface area contributed by atoms with Crippen molar-refractivity contribution in [2.45, 2.75) is 50.0 Å². The van der Waals surface area contributed by atoms with Crippen LogP contribution in [0.4, 0.5) is 5.82 Å². The van der Waals surface area contributed by atoms with Crippen LogP contribution in [0.2, 0.25) is 0 Å². The van der Waals surface area contributed by atoms with Gasteiger partial charge in [0.05, 0.1) is 16.6 Å². The largest absolute Gasteiger partial charge is 0.294 e. The molecule has 0 amide bonds. The number of benzene rings is 1. The van der Waals surface area contributed by atoms with E-state index in [0.717, 1.165) is 31.2 Å². The van der Waals surface area contributed by atoms with Gasteiger partial charge in [0.1, 0.15) is 0 Å². The van der Waals surface area contributed by atoms with Crippen LogP contribution >= 0.6 is 0 Å². The summed E-state index contributed by atoms with van der Waals surface area (Å²) in [6.45, 7) is 2.09. The Bertz CT molecular complexity index is 1250. The number of nitrogens with one attached hydrogen (secondary N) is 1. The van der Waals surface area contributed by atoms with Crippen LogP contribution in [0.15, 0.2) is 52.3 Å². The number of rotatable bonds is 3. The molecular formula is C22H24N4O3S. The van der Waals surface area contributed by atoms with Crippen LogP contribution in [0.5, 0.6) is 0 Å². The molecule has 0 unspecified atom stereocenters. The van der Waals surface area contributed by atoms with E-state index in [4.69, 9.17) is 0 Å². The van der Waals surface area contributed by atoms with Gasteiger partial charge in [-0.2, -0.15) is 0 Å². The number of hydrogen-bond donors (Lipinski definition) is 1. The molecule has 2 aromatic heterocycles. The number of pyridine rings is 1. The topological polar surface area (TPSA) is 88.1 Å². The number of aromatic amines is 1. The van der Waals surface area contributed by atoms with Crippen LogP contribution < -0.4 is 9.86 Å². The van der Waals surface area contributed by atoms with E-state index in [1.165, 1.54) is 4.31 Å². The maximum absolute atomic E-state index is 13.4. The lowest BCUT2D eigenvalue weighted by molar-refractivity contribution is 0.454. The summed E-state index contributed by atoms with van der Waals surface area (Å²) in [5.74, 6) is 0.358. The van der Waals surface area contributed by atoms with Gasteiger partial charge in [0.25, 0.3) is 15.6 Å². The van der Waals surface area contributed by atoms with Gasteiger partial charge in [-0.3, -0.25) is 9.89 Å². The van der Waals surface area contributed by atoms with Gasteiger partial charge in [0, 0.05) is 23.9 Å². The molecule has 1 saturated carbocycles. The Morgan fingerprint density at radius 1 is 1.10 bits per heavy atom. The molecule has 0 atom stereocenters. The molecule has 1 aliphatic heterocycles. The van der Waals surface area contributed by atoms with Gasteiger partial charge in [0.2, 0.25) is 0 Å². The van der Waals surface area contributed by atoms with Gasteiger partial charge in [-0.05, 0) is 50.5 Å². The number of sulfonamides is 1. The third-order valence-corrected chi connectivity index (χ3v) is 7.97. The molecule has 1 aliphatic carbocycles. The van der Waals surface area contributed by atoms with E-state index >= 15 is 0 Å². The predicted molar refractivity (Wildman–Crippen MR) is 115 cm³/mol. The van der Waals surface area contributed by atoms with E-state index in [2.05, 4.69) is 10.1 Å². The fourth-order valence-corrected chi connectivity index (χ4v) is 5.99. The Morgan fingerprint density at radius 2 is 1.83 bits per heavy atom. The Morgan fingerprint density at radius 3 is 2.57 bits per heavy atom. The number of H-pyrrole nitrogens is 1. The maximum Gasteiger partial charge on any atom is 0.270 e. The van der Waals surface area contributed by atoms with E-state index < -0.39 is 10.0 Å². The summed E-state index contributed by atoms with van der Waals surface area (Å²) >= 11 is 0. The lowest BCUT2D eigenvalue weighted by atomic mass is 10.1. The lowest BCUT2D eigenvalue weighted by Crippen LogP contribution is -2.34. The van der Waals surface area contributed by atoms with Crippen molar-refractivity contribution in [3.05, 3.63) is 64.1 Å². The van der Waals surface area contributed by atoms with Crippen LogP contribution in [0.3, 0.4) is 0 Å². The van der Waals surface area contributed by atoms with E-state index in [1.54, 1.807) is 41.2 Å². The molecule has 1 fully saturated rings. The van der Waals surface area contributed by atoms with Crippen LogP contribution in [0.1, 0.15) is 42.9 Å². The van der Waals surface area contributed by atoms with Gasteiger partial charge < -0.3 is 0 Å². The lowest BCUT2D eigenvalue weighted by Gasteiger charge is -2.23. The van der Waals surface area contributed by atoms with E-state index in [-0.39, 0.29) is 23.0 Å². The highest BCUT2D eigenvalue weighted by Gasteiger charge is 2.34. The summed E-state index contributed by atoms with van der Waals surface area (Å²) in [4.78, 5) is 17.8. The summed E-state index contributed by atoms with van der Waals surface area (Å²) in [6.07, 6.45) is 6.17. The molecule has 0 saturated heterocycles.